The third-order valence-corrected chi connectivity index (χ3v) is 4.91. The van der Waals surface area contributed by atoms with Crippen molar-refractivity contribution in [1.82, 2.24) is 10.3 Å². The Hall–Kier alpha value is -3.06. The van der Waals surface area contributed by atoms with Crippen LogP contribution in [0.15, 0.2) is 47.6 Å². The van der Waals surface area contributed by atoms with E-state index < -0.39 is 0 Å². The van der Waals surface area contributed by atoms with Crippen molar-refractivity contribution >= 4 is 17.8 Å². The number of aryl methyl sites for hydroxylation is 1. The molecule has 1 N–H and O–H groups in total. The first kappa shape index (κ1) is 18.3. The minimum atomic E-state index is -0.110. The number of anilines is 1. The number of hydrogen-bond donors (Lipinski definition) is 1. The van der Waals surface area contributed by atoms with Crippen LogP contribution >= 0.6 is 0 Å². The largest absolute Gasteiger partial charge is 0.454 e. The van der Waals surface area contributed by atoms with E-state index >= 15 is 0 Å². The Kier molecular flexibility index (Phi) is 5.43. The third-order valence-electron chi connectivity index (χ3n) is 4.91. The Balaban J connectivity index is 1.22. The summed E-state index contributed by atoms with van der Waals surface area (Å²) in [5.41, 5.74) is 5.95. The molecule has 1 fully saturated rings. The molecule has 2 aliphatic heterocycles. The summed E-state index contributed by atoms with van der Waals surface area (Å²) < 4.78 is 10.6. The molecule has 0 unspecified atom stereocenters. The first-order chi connectivity index (χ1) is 13.7. The zero-order valence-corrected chi connectivity index (χ0v) is 15.9. The lowest BCUT2D eigenvalue weighted by Gasteiger charge is -2.35. The van der Waals surface area contributed by atoms with E-state index in [1.54, 1.807) is 6.21 Å². The van der Waals surface area contributed by atoms with Crippen LogP contribution in [0.5, 0.6) is 11.5 Å². The van der Waals surface area contributed by atoms with Gasteiger partial charge in [-0.25, -0.2) is 5.43 Å². The Morgan fingerprint density at radius 2 is 1.93 bits per heavy atom. The first-order valence-corrected chi connectivity index (χ1v) is 9.43. The molecule has 0 spiro atoms. The standard InChI is InChI=1S/C21H24N4O3/c1-16-3-2-4-18(11-16)25-9-7-24(8-10-25)14-21(26)23-22-13-17-5-6-19-20(12-17)28-15-27-19/h2-6,11-13H,7-10,14-15H2,1H3,(H,23,26)/b22-13+. The number of hydrogen-bond acceptors (Lipinski definition) is 6. The summed E-state index contributed by atoms with van der Waals surface area (Å²) in [5.74, 6) is 1.31. The molecular formula is C21H24N4O3. The van der Waals surface area contributed by atoms with E-state index in [1.165, 1.54) is 11.3 Å². The van der Waals surface area contributed by atoms with Gasteiger partial charge in [0, 0.05) is 31.9 Å². The fourth-order valence-corrected chi connectivity index (χ4v) is 3.40. The van der Waals surface area contributed by atoms with Crippen molar-refractivity contribution in [3.8, 4) is 11.5 Å². The van der Waals surface area contributed by atoms with Crippen molar-refractivity contribution in [3.05, 3.63) is 53.6 Å². The van der Waals surface area contributed by atoms with E-state index in [-0.39, 0.29) is 12.7 Å². The number of benzene rings is 2. The molecule has 0 atom stereocenters. The fraction of sp³-hybridized carbons (Fsp3) is 0.333. The van der Waals surface area contributed by atoms with Crippen molar-refractivity contribution in [3.63, 3.8) is 0 Å². The SMILES string of the molecule is Cc1cccc(N2CCN(CC(=O)N/N=C/c3ccc4c(c3)OCO4)CC2)c1. The highest BCUT2D eigenvalue weighted by Crippen LogP contribution is 2.31. The van der Waals surface area contributed by atoms with Crippen molar-refractivity contribution in [2.24, 2.45) is 5.10 Å². The van der Waals surface area contributed by atoms with E-state index in [0.29, 0.717) is 12.3 Å². The van der Waals surface area contributed by atoms with Gasteiger partial charge in [-0.1, -0.05) is 12.1 Å². The molecule has 0 bridgehead atoms. The molecule has 2 aromatic carbocycles. The number of rotatable bonds is 5. The second kappa shape index (κ2) is 8.31. The monoisotopic (exact) mass is 380 g/mol. The lowest BCUT2D eigenvalue weighted by molar-refractivity contribution is -0.122. The molecule has 0 aromatic heterocycles. The molecule has 1 saturated heterocycles. The number of carbonyl (C=O) groups is 1. The maximum absolute atomic E-state index is 12.2. The zero-order valence-electron chi connectivity index (χ0n) is 15.9. The zero-order chi connectivity index (χ0) is 19.3. The smallest absolute Gasteiger partial charge is 0.254 e. The topological polar surface area (TPSA) is 66.4 Å². The molecule has 7 nitrogen and oxygen atoms in total. The molecule has 2 heterocycles. The quantitative estimate of drug-likeness (QED) is 0.635. The number of hydrazone groups is 1. The highest BCUT2D eigenvalue weighted by Gasteiger charge is 2.19. The van der Waals surface area contributed by atoms with Crippen molar-refractivity contribution < 1.29 is 14.3 Å². The number of nitrogens with one attached hydrogen (secondary N) is 1. The Bertz CT molecular complexity index is 876. The highest BCUT2D eigenvalue weighted by molar-refractivity contribution is 5.84. The second-order valence-electron chi connectivity index (χ2n) is 7.01. The van der Waals surface area contributed by atoms with Gasteiger partial charge >= 0.3 is 0 Å². The van der Waals surface area contributed by atoms with E-state index in [4.69, 9.17) is 9.47 Å². The molecule has 2 aromatic rings. The number of piperazine rings is 1. The third kappa shape index (κ3) is 4.43. The maximum atomic E-state index is 12.2. The lowest BCUT2D eigenvalue weighted by atomic mass is 10.2. The number of carbonyl (C=O) groups excluding carboxylic acids is 1. The minimum absolute atomic E-state index is 0.110. The summed E-state index contributed by atoms with van der Waals surface area (Å²) >= 11 is 0. The van der Waals surface area contributed by atoms with Gasteiger partial charge in [0.2, 0.25) is 6.79 Å². The van der Waals surface area contributed by atoms with Crippen LogP contribution in [0.25, 0.3) is 0 Å². The summed E-state index contributed by atoms with van der Waals surface area (Å²) in [6.45, 7) is 6.23. The number of ether oxygens (including phenoxy) is 2. The summed E-state index contributed by atoms with van der Waals surface area (Å²) in [6, 6.07) is 14.1. The van der Waals surface area contributed by atoms with Gasteiger partial charge in [-0.15, -0.1) is 0 Å². The van der Waals surface area contributed by atoms with E-state index in [1.807, 2.05) is 18.2 Å². The van der Waals surface area contributed by atoms with Gasteiger partial charge in [-0.2, -0.15) is 5.10 Å². The van der Waals surface area contributed by atoms with Gasteiger partial charge in [0.25, 0.3) is 5.91 Å². The summed E-state index contributed by atoms with van der Waals surface area (Å²) in [7, 11) is 0. The molecule has 0 saturated carbocycles. The average Bonchev–Trinajstić information content (AvgIpc) is 3.16. The predicted octanol–water partition coefficient (Wildman–Crippen LogP) is 2.00. The minimum Gasteiger partial charge on any atom is -0.454 e. The fourth-order valence-electron chi connectivity index (χ4n) is 3.40. The van der Waals surface area contributed by atoms with Crippen LogP contribution < -0.4 is 19.8 Å². The molecular weight excluding hydrogens is 356 g/mol. The predicted molar refractivity (Wildman–Crippen MR) is 108 cm³/mol. The summed E-state index contributed by atoms with van der Waals surface area (Å²) in [6.07, 6.45) is 1.61. The lowest BCUT2D eigenvalue weighted by Crippen LogP contribution is -2.49. The summed E-state index contributed by atoms with van der Waals surface area (Å²) in [4.78, 5) is 16.7. The van der Waals surface area contributed by atoms with Gasteiger partial charge in [0.15, 0.2) is 11.5 Å². The van der Waals surface area contributed by atoms with Gasteiger partial charge in [-0.3, -0.25) is 9.69 Å². The Morgan fingerprint density at radius 3 is 2.75 bits per heavy atom. The van der Waals surface area contributed by atoms with Crippen LogP contribution in [-0.4, -0.2) is 56.5 Å². The van der Waals surface area contributed by atoms with Crippen LogP contribution in [0.4, 0.5) is 5.69 Å². The van der Waals surface area contributed by atoms with Crippen molar-refractivity contribution in [2.75, 3.05) is 44.4 Å². The van der Waals surface area contributed by atoms with Gasteiger partial charge in [-0.05, 0) is 48.4 Å². The van der Waals surface area contributed by atoms with Crippen LogP contribution in [0.2, 0.25) is 0 Å². The molecule has 0 radical (unpaired) electrons. The molecule has 4 rings (SSSR count). The average molecular weight is 380 g/mol. The molecule has 146 valence electrons. The van der Waals surface area contributed by atoms with E-state index in [0.717, 1.165) is 37.5 Å². The highest BCUT2D eigenvalue weighted by atomic mass is 16.7. The van der Waals surface area contributed by atoms with Crippen molar-refractivity contribution in [2.45, 2.75) is 6.92 Å². The maximum Gasteiger partial charge on any atom is 0.254 e. The van der Waals surface area contributed by atoms with Crippen LogP contribution in [0, 0.1) is 6.92 Å². The van der Waals surface area contributed by atoms with Crippen LogP contribution in [-0.2, 0) is 4.79 Å². The summed E-state index contributed by atoms with van der Waals surface area (Å²) in [5, 5.41) is 4.05. The van der Waals surface area contributed by atoms with Gasteiger partial charge < -0.3 is 14.4 Å². The van der Waals surface area contributed by atoms with Gasteiger partial charge in [0.05, 0.1) is 12.8 Å². The van der Waals surface area contributed by atoms with Crippen LogP contribution in [0.1, 0.15) is 11.1 Å². The molecule has 1 amide bonds. The second-order valence-corrected chi connectivity index (χ2v) is 7.01. The van der Waals surface area contributed by atoms with Crippen molar-refractivity contribution in [1.29, 1.82) is 0 Å². The molecule has 7 heteroatoms. The first-order valence-electron chi connectivity index (χ1n) is 9.43. The number of amides is 1. The van der Waals surface area contributed by atoms with E-state index in [2.05, 4.69) is 51.5 Å². The Labute approximate surface area is 164 Å². The van der Waals surface area contributed by atoms with E-state index in [9.17, 15) is 4.79 Å². The van der Waals surface area contributed by atoms with Crippen LogP contribution in [0.3, 0.4) is 0 Å². The van der Waals surface area contributed by atoms with Gasteiger partial charge in [0.1, 0.15) is 0 Å². The normalized spacial score (nSPS) is 16.5. The number of nitrogens with zero attached hydrogens (tertiary/aromatic N) is 3. The molecule has 28 heavy (non-hydrogen) atoms. The Morgan fingerprint density at radius 1 is 1.11 bits per heavy atom. The number of fused-ring (bicyclic) bond motifs is 1. The molecule has 2 aliphatic rings. The molecule has 0 aliphatic carbocycles.